The van der Waals surface area contributed by atoms with Gasteiger partial charge in [-0.3, -0.25) is 4.79 Å². The van der Waals surface area contributed by atoms with Crippen molar-refractivity contribution in [3.05, 3.63) is 91.9 Å². The number of anilines is 1. The van der Waals surface area contributed by atoms with Gasteiger partial charge in [0.25, 0.3) is 5.91 Å². The van der Waals surface area contributed by atoms with Crippen LogP contribution in [0.15, 0.2) is 64.6 Å². The summed E-state index contributed by atoms with van der Waals surface area (Å²) in [6, 6.07) is 18.6. The minimum Gasteiger partial charge on any atom is -0.493 e. The Balaban J connectivity index is 1.83. The van der Waals surface area contributed by atoms with E-state index in [2.05, 4.69) is 21.2 Å². The van der Waals surface area contributed by atoms with Gasteiger partial charge in [-0.05, 0) is 72.5 Å². The molecular formula is C26H22BrClN2O3. The maximum Gasteiger partial charge on any atom is 0.266 e. The zero-order valence-corrected chi connectivity index (χ0v) is 20.8. The van der Waals surface area contributed by atoms with Gasteiger partial charge in [0, 0.05) is 15.2 Å². The lowest BCUT2D eigenvalue weighted by atomic mass is 10.1. The van der Waals surface area contributed by atoms with E-state index in [9.17, 15) is 10.1 Å². The fourth-order valence-corrected chi connectivity index (χ4v) is 3.60. The van der Waals surface area contributed by atoms with E-state index in [0.29, 0.717) is 38.9 Å². The minimum atomic E-state index is -0.486. The molecule has 0 unspecified atom stereocenters. The summed E-state index contributed by atoms with van der Waals surface area (Å²) in [7, 11) is 1.53. The van der Waals surface area contributed by atoms with Crippen molar-refractivity contribution in [2.45, 2.75) is 20.5 Å². The first-order chi connectivity index (χ1) is 15.8. The second-order valence-electron chi connectivity index (χ2n) is 7.38. The summed E-state index contributed by atoms with van der Waals surface area (Å²) in [5.74, 6) is 0.514. The number of halogens is 2. The molecule has 0 aliphatic carbocycles. The molecule has 1 N–H and O–H groups in total. The molecular weight excluding hydrogens is 504 g/mol. The molecule has 168 valence electrons. The van der Waals surface area contributed by atoms with Crippen molar-refractivity contribution in [2.75, 3.05) is 12.4 Å². The number of nitrogens with zero attached hydrogens (tertiary/aromatic N) is 1. The molecule has 0 spiro atoms. The number of nitrogens with one attached hydrogen (secondary N) is 1. The Morgan fingerprint density at radius 2 is 1.85 bits per heavy atom. The quantitative estimate of drug-likeness (QED) is 0.270. The molecule has 0 atom stereocenters. The average Bonchev–Trinajstić information content (AvgIpc) is 2.80. The molecule has 5 nitrogen and oxygen atoms in total. The van der Waals surface area contributed by atoms with E-state index in [4.69, 9.17) is 21.1 Å². The molecule has 0 aromatic heterocycles. The zero-order chi connectivity index (χ0) is 24.0. The van der Waals surface area contributed by atoms with Crippen LogP contribution in [0.25, 0.3) is 6.08 Å². The summed E-state index contributed by atoms with van der Waals surface area (Å²) in [6.07, 6.45) is 1.51. The van der Waals surface area contributed by atoms with Gasteiger partial charge >= 0.3 is 0 Å². The molecule has 0 radical (unpaired) electrons. The Labute approximate surface area is 206 Å². The lowest BCUT2D eigenvalue weighted by Crippen LogP contribution is -2.14. The summed E-state index contributed by atoms with van der Waals surface area (Å²) >= 11 is 9.43. The summed E-state index contributed by atoms with van der Waals surface area (Å²) in [5.41, 5.74) is 4.13. The van der Waals surface area contributed by atoms with Crippen LogP contribution in [0.4, 0.5) is 5.69 Å². The number of aryl methyl sites for hydroxylation is 2. The highest BCUT2D eigenvalue weighted by atomic mass is 79.9. The molecule has 3 aromatic carbocycles. The minimum absolute atomic E-state index is 0.0338. The number of hydrogen-bond donors (Lipinski definition) is 1. The van der Waals surface area contributed by atoms with Gasteiger partial charge in [0.2, 0.25) is 0 Å². The second-order valence-corrected chi connectivity index (χ2v) is 8.67. The highest BCUT2D eigenvalue weighted by Gasteiger charge is 2.15. The van der Waals surface area contributed by atoms with Crippen molar-refractivity contribution in [3.8, 4) is 17.6 Å². The van der Waals surface area contributed by atoms with Crippen LogP contribution in [0, 0.1) is 25.2 Å². The second kappa shape index (κ2) is 11.0. The molecule has 7 heteroatoms. The molecule has 0 aliphatic rings. The molecule has 1 amide bonds. The maximum absolute atomic E-state index is 12.7. The van der Waals surface area contributed by atoms with Crippen molar-refractivity contribution in [3.63, 3.8) is 0 Å². The lowest BCUT2D eigenvalue weighted by molar-refractivity contribution is -0.112. The fourth-order valence-electron chi connectivity index (χ4n) is 3.04. The molecule has 3 rings (SSSR count). The van der Waals surface area contributed by atoms with E-state index in [0.717, 1.165) is 16.7 Å². The average molecular weight is 526 g/mol. The third-order valence-electron chi connectivity index (χ3n) is 4.90. The van der Waals surface area contributed by atoms with Crippen LogP contribution in [-0.2, 0) is 11.4 Å². The molecule has 0 saturated carbocycles. The number of carbonyl (C=O) groups excluding carboxylic acids is 1. The molecule has 3 aromatic rings. The van der Waals surface area contributed by atoms with E-state index in [1.807, 2.05) is 50.2 Å². The van der Waals surface area contributed by atoms with E-state index >= 15 is 0 Å². The predicted molar refractivity (Wildman–Crippen MR) is 135 cm³/mol. The standard InChI is InChI=1S/C26H22BrClN2O3/c1-16-4-5-17(2)23(10-16)30-26(31)20(14-29)11-19-12-24(32-3)25(13-22(19)27)33-15-18-6-8-21(28)9-7-18/h4-13H,15H2,1-3H3,(H,30,31)/b20-11+. The van der Waals surface area contributed by atoms with Crippen LogP contribution in [0.5, 0.6) is 11.5 Å². The van der Waals surface area contributed by atoms with Gasteiger partial charge in [0.1, 0.15) is 18.2 Å². The van der Waals surface area contributed by atoms with Gasteiger partial charge in [0.05, 0.1) is 7.11 Å². The number of benzene rings is 3. The van der Waals surface area contributed by atoms with Crippen molar-refractivity contribution >= 4 is 45.2 Å². The van der Waals surface area contributed by atoms with Gasteiger partial charge in [-0.15, -0.1) is 0 Å². The van der Waals surface area contributed by atoms with Crippen molar-refractivity contribution in [1.29, 1.82) is 5.26 Å². The Bertz CT molecular complexity index is 1250. The number of rotatable bonds is 7. The maximum atomic E-state index is 12.7. The van der Waals surface area contributed by atoms with E-state index < -0.39 is 5.91 Å². The molecule has 0 saturated heterocycles. The Kier molecular flexibility index (Phi) is 8.16. The molecule has 0 fully saturated rings. The first-order valence-electron chi connectivity index (χ1n) is 10.1. The fraction of sp³-hybridized carbons (Fsp3) is 0.154. The van der Waals surface area contributed by atoms with Crippen LogP contribution in [-0.4, -0.2) is 13.0 Å². The number of nitriles is 1. The van der Waals surface area contributed by atoms with Crippen LogP contribution >= 0.6 is 27.5 Å². The third-order valence-corrected chi connectivity index (χ3v) is 5.84. The van der Waals surface area contributed by atoms with Crippen molar-refractivity contribution in [1.82, 2.24) is 0 Å². The van der Waals surface area contributed by atoms with Gasteiger partial charge in [-0.25, -0.2) is 0 Å². The first-order valence-corrected chi connectivity index (χ1v) is 11.2. The third kappa shape index (κ3) is 6.38. The highest BCUT2D eigenvalue weighted by molar-refractivity contribution is 9.10. The molecule has 0 aliphatic heterocycles. The monoisotopic (exact) mass is 524 g/mol. The van der Waals surface area contributed by atoms with Crippen LogP contribution in [0.3, 0.4) is 0 Å². The summed E-state index contributed by atoms with van der Waals surface area (Å²) in [4.78, 5) is 12.7. The zero-order valence-electron chi connectivity index (χ0n) is 18.4. The normalized spacial score (nSPS) is 11.0. The van der Waals surface area contributed by atoms with Crippen LogP contribution in [0.1, 0.15) is 22.3 Å². The Morgan fingerprint density at radius 3 is 2.52 bits per heavy atom. The summed E-state index contributed by atoms with van der Waals surface area (Å²) in [6.45, 7) is 4.17. The van der Waals surface area contributed by atoms with Gasteiger partial charge in [0.15, 0.2) is 11.5 Å². The number of ether oxygens (including phenoxy) is 2. The van der Waals surface area contributed by atoms with Gasteiger partial charge in [-0.1, -0.05) is 51.8 Å². The Morgan fingerprint density at radius 1 is 1.12 bits per heavy atom. The number of carbonyl (C=O) groups is 1. The van der Waals surface area contributed by atoms with Gasteiger partial charge in [-0.2, -0.15) is 5.26 Å². The molecule has 0 heterocycles. The predicted octanol–water partition coefficient (Wildman–Crippen LogP) is 6.85. The number of amides is 1. The Hall–Kier alpha value is -3.27. The van der Waals surface area contributed by atoms with Crippen molar-refractivity contribution < 1.29 is 14.3 Å². The van der Waals surface area contributed by atoms with Crippen LogP contribution < -0.4 is 14.8 Å². The van der Waals surface area contributed by atoms with E-state index in [-0.39, 0.29) is 5.57 Å². The topological polar surface area (TPSA) is 71.3 Å². The SMILES string of the molecule is COc1cc(/C=C(\C#N)C(=O)Nc2cc(C)ccc2C)c(Br)cc1OCc1ccc(Cl)cc1. The van der Waals surface area contributed by atoms with Crippen molar-refractivity contribution in [2.24, 2.45) is 0 Å². The van der Waals surface area contributed by atoms with E-state index in [1.54, 1.807) is 24.3 Å². The lowest BCUT2D eigenvalue weighted by Gasteiger charge is -2.13. The van der Waals surface area contributed by atoms with E-state index in [1.165, 1.54) is 13.2 Å². The van der Waals surface area contributed by atoms with Crippen LogP contribution in [0.2, 0.25) is 5.02 Å². The van der Waals surface area contributed by atoms with Gasteiger partial charge < -0.3 is 14.8 Å². The summed E-state index contributed by atoms with van der Waals surface area (Å²) in [5, 5.41) is 13.1. The first kappa shape index (κ1) is 24.4. The molecule has 33 heavy (non-hydrogen) atoms. The molecule has 0 bridgehead atoms. The number of hydrogen-bond acceptors (Lipinski definition) is 4. The number of methoxy groups -OCH3 is 1. The smallest absolute Gasteiger partial charge is 0.266 e. The highest BCUT2D eigenvalue weighted by Crippen LogP contribution is 2.35. The largest absolute Gasteiger partial charge is 0.493 e. The summed E-state index contributed by atoms with van der Waals surface area (Å²) < 4.78 is 12.0.